The number of aryl methyl sites for hydroxylation is 1. The molecule has 8 heteroatoms. The zero-order chi connectivity index (χ0) is 17.2. The van der Waals surface area contributed by atoms with Crippen LogP contribution in [-0.4, -0.2) is 62.9 Å². The highest BCUT2D eigenvalue weighted by Gasteiger charge is 2.31. The fraction of sp³-hybridized carbons (Fsp3) is 0.533. The van der Waals surface area contributed by atoms with Crippen LogP contribution < -0.4 is 10.5 Å². The van der Waals surface area contributed by atoms with E-state index in [0.717, 1.165) is 5.56 Å². The molecule has 2 rings (SSSR count). The first-order valence-corrected chi connectivity index (χ1v) is 8.89. The average Bonchev–Trinajstić information content (AvgIpc) is 2.54. The molecule has 1 amide bonds. The summed E-state index contributed by atoms with van der Waals surface area (Å²) in [5.41, 5.74) is 6.07. The number of rotatable bonds is 5. The van der Waals surface area contributed by atoms with Crippen molar-refractivity contribution in [1.82, 2.24) is 9.21 Å². The molecule has 0 radical (unpaired) electrons. The summed E-state index contributed by atoms with van der Waals surface area (Å²) in [7, 11) is -1.99. The Labute approximate surface area is 137 Å². The third-order valence-electron chi connectivity index (χ3n) is 4.24. The van der Waals surface area contributed by atoms with Gasteiger partial charge in [0.05, 0.1) is 18.0 Å². The SMILES string of the molecule is COc1ccc(S(=O)(=O)N2CCN(C(C)C(N)=O)CC2)cc1C. The quantitative estimate of drug-likeness (QED) is 0.825. The molecule has 23 heavy (non-hydrogen) atoms. The highest BCUT2D eigenvalue weighted by atomic mass is 32.2. The van der Waals surface area contributed by atoms with Gasteiger partial charge in [0, 0.05) is 26.2 Å². The van der Waals surface area contributed by atoms with Crippen LogP contribution in [0, 0.1) is 6.92 Å². The van der Waals surface area contributed by atoms with Crippen LogP contribution in [0.4, 0.5) is 0 Å². The van der Waals surface area contributed by atoms with E-state index in [1.54, 1.807) is 32.2 Å². The van der Waals surface area contributed by atoms with E-state index in [-0.39, 0.29) is 10.9 Å². The molecule has 0 aromatic heterocycles. The van der Waals surface area contributed by atoms with Crippen molar-refractivity contribution < 1.29 is 17.9 Å². The minimum atomic E-state index is -3.54. The number of carbonyl (C=O) groups excluding carboxylic acids is 1. The standard InChI is InChI=1S/C15H23N3O4S/c1-11-10-13(4-5-14(11)22-3)23(20,21)18-8-6-17(7-9-18)12(2)15(16)19/h4-5,10,12H,6-9H2,1-3H3,(H2,16,19). The summed E-state index contributed by atoms with van der Waals surface area (Å²) >= 11 is 0. The molecule has 1 heterocycles. The van der Waals surface area contributed by atoms with Crippen LogP contribution in [0.15, 0.2) is 23.1 Å². The molecule has 0 saturated carbocycles. The second-order valence-corrected chi connectivity index (χ2v) is 7.59. The number of methoxy groups -OCH3 is 1. The number of primary amides is 1. The fourth-order valence-electron chi connectivity index (χ4n) is 2.67. The van der Waals surface area contributed by atoms with Crippen LogP contribution in [0.1, 0.15) is 12.5 Å². The summed E-state index contributed by atoms with van der Waals surface area (Å²) in [6.07, 6.45) is 0. The Hall–Kier alpha value is -1.64. The molecule has 7 nitrogen and oxygen atoms in total. The molecule has 128 valence electrons. The van der Waals surface area contributed by atoms with Crippen molar-refractivity contribution in [2.24, 2.45) is 5.73 Å². The van der Waals surface area contributed by atoms with Crippen LogP contribution >= 0.6 is 0 Å². The number of amides is 1. The molecule has 0 aliphatic carbocycles. The van der Waals surface area contributed by atoms with Gasteiger partial charge < -0.3 is 10.5 Å². The molecule has 1 unspecified atom stereocenters. The molecule has 0 spiro atoms. The third-order valence-corrected chi connectivity index (χ3v) is 6.13. The number of nitrogens with zero attached hydrogens (tertiary/aromatic N) is 2. The molecule has 1 atom stereocenters. The average molecular weight is 341 g/mol. The van der Waals surface area contributed by atoms with Gasteiger partial charge in [0.1, 0.15) is 5.75 Å². The molecule has 2 N–H and O–H groups in total. The van der Waals surface area contributed by atoms with Crippen LogP contribution in [0.25, 0.3) is 0 Å². The molecule has 1 saturated heterocycles. The highest BCUT2D eigenvalue weighted by molar-refractivity contribution is 7.89. The summed E-state index contributed by atoms with van der Waals surface area (Å²) in [4.78, 5) is 13.4. The van der Waals surface area contributed by atoms with Gasteiger partial charge in [0.2, 0.25) is 15.9 Å². The van der Waals surface area contributed by atoms with E-state index in [4.69, 9.17) is 10.5 Å². The van der Waals surface area contributed by atoms with Gasteiger partial charge in [0.25, 0.3) is 0 Å². The van der Waals surface area contributed by atoms with E-state index >= 15 is 0 Å². The Balaban J connectivity index is 2.13. The van der Waals surface area contributed by atoms with Gasteiger partial charge in [-0.1, -0.05) is 0 Å². The molecule has 1 aliphatic rings. The number of carbonyl (C=O) groups is 1. The number of sulfonamides is 1. The van der Waals surface area contributed by atoms with E-state index in [2.05, 4.69) is 0 Å². The Kier molecular flexibility index (Phi) is 5.28. The lowest BCUT2D eigenvalue weighted by atomic mass is 10.2. The van der Waals surface area contributed by atoms with Crippen molar-refractivity contribution in [3.05, 3.63) is 23.8 Å². The highest BCUT2D eigenvalue weighted by Crippen LogP contribution is 2.24. The van der Waals surface area contributed by atoms with Gasteiger partial charge in [-0.15, -0.1) is 0 Å². The first kappa shape index (κ1) is 17.7. The van der Waals surface area contributed by atoms with Crippen molar-refractivity contribution in [3.63, 3.8) is 0 Å². The van der Waals surface area contributed by atoms with Crippen LogP contribution in [0.2, 0.25) is 0 Å². The maximum atomic E-state index is 12.7. The lowest BCUT2D eigenvalue weighted by Gasteiger charge is -2.36. The van der Waals surface area contributed by atoms with E-state index in [1.165, 1.54) is 4.31 Å². The topological polar surface area (TPSA) is 92.9 Å². The molecule has 1 fully saturated rings. The molecule has 1 aliphatic heterocycles. The molecule has 0 bridgehead atoms. The fourth-order valence-corrected chi connectivity index (χ4v) is 4.18. The first-order chi connectivity index (χ1) is 10.8. The number of piperazine rings is 1. The molecule has 1 aromatic rings. The maximum absolute atomic E-state index is 12.7. The van der Waals surface area contributed by atoms with Crippen molar-refractivity contribution in [2.75, 3.05) is 33.3 Å². The molecular formula is C15H23N3O4S. The largest absolute Gasteiger partial charge is 0.496 e. The van der Waals surface area contributed by atoms with Gasteiger partial charge in [-0.2, -0.15) is 4.31 Å². The van der Waals surface area contributed by atoms with E-state index < -0.39 is 15.9 Å². The van der Waals surface area contributed by atoms with Gasteiger partial charge in [-0.25, -0.2) is 8.42 Å². The third kappa shape index (κ3) is 3.65. The maximum Gasteiger partial charge on any atom is 0.243 e. The van der Waals surface area contributed by atoms with Crippen LogP contribution in [0.3, 0.4) is 0 Å². The Morgan fingerprint density at radius 3 is 2.35 bits per heavy atom. The number of hydrogen-bond acceptors (Lipinski definition) is 5. The van der Waals surface area contributed by atoms with Crippen LogP contribution in [-0.2, 0) is 14.8 Å². The first-order valence-electron chi connectivity index (χ1n) is 7.45. The summed E-state index contributed by atoms with van der Waals surface area (Å²) < 4.78 is 32.1. The van der Waals surface area contributed by atoms with Crippen molar-refractivity contribution >= 4 is 15.9 Å². The predicted molar refractivity (Wildman–Crippen MR) is 86.7 cm³/mol. The van der Waals surface area contributed by atoms with Crippen molar-refractivity contribution in [3.8, 4) is 5.75 Å². The van der Waals surface area contributed by atoms with Gasteiger partial charge in [-0.05, 0) is 37.6 Å². The molecular weight excluding hydrogens is 318 g/mol. The minimum Gasteiger partial charge on any atom is -0.496 e. The van der Waals surface area contributed by atoms with E-state index in [1.807, 2.05) is 11.8 Å². The Morgan fingerprint density at radius 2 is 1.87 bits per heavy atom. The summed E-state index contributed by atoms with van der Waals surface area (Å²) in [6, 6.07) is 4.45. The van der Waals surface area contributed by atoms with Crippen molar-refractivity contribution in [2.45, 2.75) is 24.8 Å². The summed E-state index contributed by atoms with van der Waals surface area (Å²) in [6.45, 7) is 5.19. The van der Waals surface area contributed by atoms with E-state index in [9.17, 15) is 13.2 Å². The van der Waals surface area contributed by atoms with E-state index in [0.29, 0.717) is 31.9 Å². The molecule has 1 aromatic carbocycles. The second kappa shape index (κ2) is 6.86. The number of benzene rings is 1. The van der Waals surface area contributed by atoms with Gasteiger partial charge in [0.15, 0.2) is 0 Å². The normalized spacial score (nSPS) is 18.6. The van der Waals surface area contributed by atoms with Crippen LogP contribution in [0.5, 0.6) is 5.75 Å². The zero-order valence-electron chi connectivity index (χ0n) is 13.7. The number of hydrogen-bond donors (Lipinski definition) is 1. The number of ether oxygens (including phenoxy) is 1. The lowest BCUT2D eigenvalue weighted by Crippen LogP contribution is -2.54. The predicted octanol–water partition coefficient (Wildman–Crippen LogP) is 0.184. The lowest BCUT2D eigenvalue weighted by molar-refractivity contribution is -0.123. The van der Waals surface area contributed by atoms with Gasteiger partial charge >= 0.3 is 0 Å². The Bertz CT molecular complexity index is 682. The van der Waals surface area contributed by atoms with Crippen molar-refractivity contribution in [1.29, 1.82) is 0 Å². The number of nitrogens with two attached hydrogens (primary N) is 1. The second-order valence-electron chi connectivity index (χ2n) is 5.65. The summed E-state index contributed by atoms with van der Waals surface area (Å²) in [5.74, 6) is 0.260. The monoisotopic (exact) mass is 341 g/mol. The Morgan fingerprint density at radius 1 is 1.26 bits per heavy atom. The minimum absolute atomic E-state index is 0.257. The zero-order valence-corrected chi connectivity index (χ0v) is 14.5. The summed E-state index contributed by atoms with van der Waals surface area (Å²) in [5, 5.41) is 0. The van der Waals surface area contributed by atoms with Gasteiger partial charge in [-0.3, -0.25) is 9.69 Å². The smallest absolute Gasteiger partial charge is 0.243 e.